The van der Waals surface area contributed by atoms with E-state index in [-0.39, 0.29) is 6.09 Å². The second-order valence-corrected chi connectivity index (χ2v) is 6.42. The summed E-state index contributed by atoms with van der Waals surface area (Å²) in [4.78, 5) is 13.3. The van der Waals surface area contributed by atoms with Crippen molar-refractivity contribution >= 4 is 34.5 Å². The van der Waals surface area contributed by atoms with Crippen molar-refractivity contribution in [2.45, 2.75) is 26.4 Å². The van der Waals surface area contributed by atoms with E-state index < -0.39 is 5.60 Å². The number of carbonyl (C=O) groups excluding carboxylic acids is 1. The van der Waals surface area contributed by atoms with Gasteiger partial charge in [-0.2, -0.15) is 0 Å². The molecule has 0 atom stereocenters. The summed E-state index contributed by atoms with van der Waals surface area (Å²) in [6, 6.07) is 0. The normalized spacial score (nSPS) is 16.4. The van der Waals surface area contributed by atoms with Gasteiger partial charge in [-0.15, -0.1) is 0 Å². The summed E-state index contributed by atoms with van der Waals surface area (Å²) >= 11 is 6.35. The molecule has 17 heavy (non-hydrogen) atoms. The first-order valence-corrected chi connectivity index (χ1v) is 7.14. The Morgan fingerprint density at radius 1 is 1.47 bits per heavy atom. The van der Waals surface area contributed by atoms with Crippen LogP contribution in [0.5, 0.6) is 0 Å². The van der Waals surface area contributed by atoms with Crippen molar-refractivity contribution in [2.75, 3.05) is 26.0 Å². The van der Waals surface area contributed by atoms with Crippen molar-refractivity contribution in [1.29, 1.82) is 0 Å². The second kappa shape index (κ2) is 5.91. The molecule has 1 aliphatic rings. The van der Waals surface area contributed by atoms with Crippen molar-refractivity contribution in [1.82, 2.24) is 4.90 Å². The molecular weight excluding hydrogens is 258 g/mol. The van der Waals surface area contributed by atoms with E-state index in [9.17, 15) is 4.79 Å². The SMILES string of the molecule is CSC(=S)OCC1CN(C(=O)OC(C)(C)C)C1. The maximum atomic E-state index is 11.6. The van der Waals surface area contributed by atoms with Crippen LogP contribution < -0.4 is 0 Å². The lowest BCUT2D eigenvalue weighted by atomic mass is 10.0. The van der Waals surface area contributed by atoms with Gasteiger partial charge in [0, 0.05) is 19.0 Å². The summed E-state index contributed by atoms with van der Waals surface area (Å²) in [5.74, 6) is 0.368. The minimum Gasteiger partial charge on any atom is -0.478 e. The summed E-state index contributed by atoms with van der Waals surface area (Å²) in [6.45, 7) is 7.54. The molecule has 0 saturated carbocycles. The van der Waals surface area contributed by atoms with Gasteiger partial charge in [0.05, 0.1) is 6.61 Å². The lowest BCUT2D eigenvalue weighted by molar-refractivity contribution is -0.00816. The van der Waals surface area contributed by atoms with E-state index in [0.29, 0.717) is 30.0 Å². The molecule has 1 rings (SSSR count). The molecule has 0 radical (unpaired) electrons. The molecule has 0 aromatic rings. The van der Waals surface area contributed by atoms with Crippen molar-refractivity contribution in [3.8, 4) is 0 Å². The van der Waals surface area contributed by atoms with E-state index in [1.807, 2.05) is 27.0 Å². The van der Waals surface area contributed by atoms with Gasteiger partial charge >= 0.3 is 6.09 Å². The average molecular weight is 277 g/mol. The quantitative estimate of drug-likeness (QED) is 0.725. The molecule has 1 amide bonds. The highest BCUT2D eigenvalue weighted by Crippen LogP contribution is 2.20. The number of likely N-dealkylation sites (tertiary alicyclic amines) is 1. The smallest absolute Gasteiger partial charge is 0.410 e. The van der Waals surface area contributed by atoms with E-state index in [0.717, 1.165) is 0 Å². The Kier molecular flexibility index (Phi) is 5.06. The molecule has 1 fully saturated rings. The fraction of sp³-hybridized carbons (Fsp3) is 0.818. The summed E-state index contributed by atoms with van der Waals surface area (Å²) in [5.41, 5.74) is -0.431. The molecule has 98 valence electrons. The van der Waals surface area contributed by atoms with Gasteiger partial charge in [0.15, 0.2) is 0 Å². The van der Waals surface area contributed by atoms with Gasteiger partial charge in [-0.3, -0.25) is 0 Å². The Morgan fingerprint density at radius 2 is 2.06 bits per heavy atom. The van der Waals surface area contributed by atoms with Crippen LogP contribution >= 0.6 is 24.0 Å². The van der Waals surface area contributed by atoms with Crippen LogP contribution in [0, 0.1) is 5.92 Å². The van der Waals surface area contributed by atoms with Crippen molar-refractivity contribution in [2.24, 2.45) is 5.92 Å². The highest BCUT2D eigenvalue weighted by Gasteiger charge is 2.34. The minimum atomic E-state index is -0.431. The van der Waals surface area contributed by atoms with E-state index in [4.69, 9.17) is 21.7 Å². The van der Waals surface area contributed by atoms with Crippen LogP contribution in [0.3, 0.4) is 0 Å². The third kappa shape index (κ3) is 5.12. The summed E-state index contributed by atoms with van der Waals surface area (Å²) in [6.07, 6.45) is 1.64. The Morgan fingerprint density at radius 3 is 2.53 bits per heavy atom. The van der Waals surface area contributed by atoms with Crippen LogP contribution in [0.15, 0.2) is 0 Å². The zero-order chi connectivity index (χ0) is 13.1. The highest BCUT2D eigenvalue weighted by molar-refractivity contribution is 8.22. The molecule has 0 aliphatic carbocycles. The zero-order valence-corrected chi connectivity index (χ0v) is 12.3. The summed E-state index contributed by atoms with van der Waals surface area (Å²) in [5, 5.41) is 0. The van der Waals surface area contributed by atoms with Gasteiger partial charge < -0.3 is 14.4 Å². The first-order chi connectivity index (χ1) is 7.81. The van der Waals surface area contributed by atoms with Crippen molar-refractivity contribution < 1.29 is 14.3 Å². The van der Waals surface area contributed by atoms with Gasteiger partial charge in [-0.25, -0.2) is 4.79 Å². The van der Waals surface area contributed by atoms with Crippen LogP contribution in [-0.4, -0.2) is 46.9 Å². The van der Waals surface area contributed by atoms with E-state index >= 15 is 0 Å². The number of rotatable bonds is 2. The number of thioether (sulfide) groups is 1. The lowest BCUT2D eigenvalue weighted by Gasteiger charge is -2.39. The highest BCUT2D eigenvalue weighted by atomic mass is 32.2. The van der Waals surface area contributed by atoms with Gasteiger partial charge in [0.1, 0.15) is 5.60 Å². The van der Waals surface area contributed by atoms with Crippen molar-refractivity contribution in [3.05, 3.63) is 0 Å². The van der Waals surface area contributed by atoms with Gasteiger partial charge in [0.25, 0.3) is 0 Å². The molecule has 1 heterocycles. The largest absolute Gasteiger partial charge is 0.478 e. The molecular formula is C11H19NO3S2. The fourth-order valence-electron chi connectivity index (χ4n) is 1.40. The van der Waals surface area contributed by atoms with E-state index in [1.165, 1.54) is 11.8 Å². The maximum Gasteiger partial charge on any atom is 0.410 e. The zero-order valence-electron chi connectivity index (χ0n) is 10.7. The van der Waals surface area contributed by atoms with E-state index in [1.54, 1.807) is 4.90 Å². The van der Waals surface area contributed by atoms with Gasteiger partial charge in [0.2, 0.25) is 4.38 Å². The van der Waals surface area contributed by atoms with Crippen LogP contribution in [0.25, 0.3) is 0 Å². The van der Waals surface area contributed by atoms with Crippen LogP contribution in [0.1, 0.15) is 20.8 Å². The van der Waals surface area contributed by atoms with Crippen LogP contribution in [-0.2, 0) is 9.47 Å². The monoisotopic (exact) mass is 277 g/mol. The third-order valence-corrected chi connectivity index (χ3v) is 3.28. The number of hydrogen-bond acceptors (Lipinski definition) is 5. The molecule has 0 unspecified atom stereocenters. The number of carbonyl (C=O) groups is 1. The first kappa shape index (κ1) is 14.6. The molecule has 1 aliphatic heterocycles. The molecule has 0 aromatic heterocycles. The van der Waals surface area contributed by atoms with Gasteiger partial charge in [-0.05, 0) is 39.2 Å². The Bertz CT molecular complexity index is 296. The van der Waals surface area contributed by atoms with Crippen molar-refractivity contribution in [3.63, 3.8) is 0 Å². The predicted octanol–water partition coefficient (Wildman–Crippen LogP) is 2.52. The second-order valence-electron chi connectivity index (χ2n) is 5.02. The fourth-order valence-corrected chi connectivity index (χ4v) is 1.65. The number of ether oxygens (including phenoxy) is 2. The Balaban J connectivity index is 2.18. The average Bonchev–Trinajstić information content (AvgIpc) is 2.11. The molecule has 0 spiro atoms. The lowest BCUT2D eigenvalue weighted by Crippen LogP contribution is -2.53. The number of amides is 1. The Labute approximate surface area is 112 Å². The molecule has 1 saturated heterocycles. The summed E-state index contributed by atoms with van der Waals surface area (Å²) in [7, 11) is 0. The number of hydrogen-bond donors (Lipinski definition) is 0. The number of nitrogens with zero attached hydrogens (tertiary/aromatic N) is 1. The van der Waals surface area contributed by atoms with Crippen LogP contribution in [0.4, 0.5) is 4.79 Å². The third-order valence-electron chi connectivity index (χ3n) is 2.21. The minimum absolute atomic E-state index is 0.249. The Hall–Kier alpha value is -0.490. The maximum absolute atomic E-state index is 11.6. The standard InChI is InChI=1S/C11H19NO3S2/c1-11(2,3)15-9(13)12-5-8(6-12)7-14-10(16)17-4/h8H,5-7H2,1-4H3. The molecule has 4 nitrogen and oxygen atoms in total. The van der Waals surface area contributed by atoms with Crippen LogP contribution in [0.2, 0.25) is 0 Å². The molecule has 0 bridgehead atoms. The topological polar surface area (TPSA) is 38.8 Å². The van der Waals surface area contributed by atoms with Gasteiger partial charge in [-0.1, -0.05) is 11.8 Å². The molecule has 6 heteroatoms. The first-order valence-electron chi connectivity index (χ1n) is 5.50. The predicted molar refractivity (Wildman–Crippen MR) is 73.4 cm³/mol. The summed E-state index contributed by atoms with van der Waals surface area (Å²) < 4.78 is 11.1. The molecule has 0 N–H and O–H groups in total. The van der Waals surface area contributed by atoms with E-state index in [2.05, 4.69) is 0 Å². The molecule has 0 aromatic carbocycles. The number of thiocarbonyl (C=S) groups is 1.